The van der Waals surface area contributed by atoms with Crippen LogP contribution in [0.2, 0.25) is 0 Å². The maximum Gasteiger partial charge on any atom is 0.416 e. The molecule has 0 aliphatic heterocycles. The lowest BCUT2D eigenvalue weighted by atomic mass is 10.1. The normalized spacial score (nSPS) is 11.9. The highest BCUT2D eigenvalue weighted by Gasteiger charge is 2.29. The Balaban J connectivity index is 1.99. The molecule has 0 radical (unpaired) electrons. The third-order valence-corrected chi connectivity index (χ3v) is 4.41. The zero-order chi connectivity index (χ0) is 19.5. The molecule has 0 spiro atoms. The summed E-state index contributed by atoms with van der Waals surface area (Å²) in [5, 5.41) is 7.53. The summed E-state index contributed by atoms with van der Waals surface area (Å²) in [5.41, 5.74) is 0.116. The number of primary sulfonamides is 1. The Kier molecular flexibility index (Phi) is 5.57. The zero-order valence-electron chi connectivity index (χ0n) is 13.6. The molecule has 10 heteroatoms. The van der Waals surface area contributed by atoms with E-state index in [2.05, 4.69) is 5.32 Å². The van der Waals surface area contributed by atoms with E-state index in [4.69, 9.17) is 5.14 Å². The van der Waals surface area contributed by atoms with Crippen molar-refractivity contribution in [1.82, 2.24) is 4.90 Å². The van der Waals surface area contributed by atoms with Crippen LogP contribution in [-0.2, 0) is 22.7 Å². The molecule has 6 nitrogen and oxygen atoms in total. The molecule has 26 heavy (non-hydrogen) atoms. The Morgan fingerprint density at radius 3 is 2.08 bits per heavy atom. The highest BCUT2D eigenvalue weighted by Crippen LogP contribution is 2.29. The third-order valence-electron chi connectivity index (χ3n) is 3.48. The average Bonchev–Trinajstić information content (AvgIpc) is 2.54. The number of sulfonamides is 1. The zero-order valence-corrected chi connectivity index (χ0v) is 14.4. The quantitative estimate of drug-likeness (QED) is 0.845. The van der Waals surface area contributed by atoms with Crippen LogP contribution >= 0.6 is 0 Å². The number of nitrogens with zero attached hydrogens (tertiary/aromatic N) is 1. The second kappa shape index (κ2) is 7.34. The number of benzene rings is 2. The number of hydrogen-bond donors (Lipinski definition) is 2. The Labute approximate surface area is 148 Å². The third kappa shape index (κ3) is 5.20. The predicted octanol–water partition coefficient (Wildman–Crippen LogP) is 3.02. The van der Waals surface area contributed by atoms with Crippen molar-refractivity contribution in [3.63, 3.8) is 0 Å². The van der Waals surface area contributed by atoms with Gasteiger partial charge in [-0.15, -0.1) is 0 Å². The van der Waals surface area contributed by atoms with Crippen LogP contribution in [0.3, 0.4) is 0 Å². The fourth-order valence-electron chi connectivity index (χ4n) is 2.09. The summed E-state index contributed by atoms with van der Waals surface area (Å²) in [4.78, 5) is 13.3. The molecule has 2 aromatic carbocycles. The van der Waals surface area contributed by atoms with E-state index in [1.54, 1.807) is 0 Å². The van der Waals surface area contributed by atoms with Crippen LogP contribution < -0.4 is 10.5 Å². The van der Waals surface area contributed by atoms with Crippen molar-refractivity contribution in [3.8, 4) is 0 Å². The number of nitrogens with one attached hydrogen (secondary N) is 1. The first kappa shape index (κ1) is 19.7. The average molecular weight is 387 g/mol. The van der Waals surface area contributed by atoms with E-state index >= 15 is 0 Å². The number of amides is 2. The first-order chi connectivity index (χ1) is 12.0. The van der Waals surface area contributed by atoms with Crippen molar-refractivity contribution in [2.75, 3.05) is 12.4 Å². The van der Waals surface area contributed by atoms with Crippen molar-refractivity contribution >= 4 is 21.7 Å². The van der Waals surface area contributed by atoms with Crippen molar-refractivity contribution in [3.05, 3.63) is 59.7 Å². The summed E-state index contributed by atoms with van der Waals surface area (Å²) in [5.74, 6) is 0. The molecule has 140 valence electrons. The summed E-state index contributed by atoms with van der Waals surface area (Å²) in [6, 6.07) is 9.25. The van der Waals surface area contributed by atoms with Gasteiger partial charge in [-0.1, -0.05) is 12.1 Å². The lowest BCUT2D eigenvalue weighted by Crippen LogP contribution is -2.30. The maximum atomic E-state index is 12.5. The minimum Gasteiger partial charge on any atom is -0.323 e. The Morgan fingerprint density at radius 2 is 1.62 bits per heavy atom. The van der Waals surface area contributed by atoms with E-state index in [9.17, 15) is 26.4 Å². The number of alkyl halides is 3. The first-order valence-electron chi connectivity index (χ1n) is 7.28. The molecule has 0 bridgehead atoms. The molecule has 0 unspecified atom stereocenters. The fraction of sp³-hybridized carbons (Fsp3) is 0.188. The number of carbonyl (C=O) groups excluding carboxylic acids is 1. The van der Waals surface area contributed by atoms with Crippen LogP contribution in [0.1, 0.15) is 11.1 Å². The minimum absolute atomic E-state index is 0.0893. The van der Waals surface area contributed by atoms with Gasteiger partial charge in [0, 0.05) is 19.3 Å². The predicted molar refractivity (Wildman–Crippen MR) is 89.7 cm³/mol. The Morgan fingerprint density at radius 1 is 1.08 bits per heavy atom. The van der Waals surface area contributed by atoms with E-state index in [0.29, 0.717) is 11.3 Å². The van der Waals surface area contributed by atoms with Crippen LogP contribution in [0.4, 0.5) is 23.7 Å². The number of hydrogen-bond acceptors (Lipinski definition) is 3. The number of carbonyl (C=O) groups is 1. The summed E-state index contributed by atoms with van der Waals surface area (Å²) in [6.07, 6.45) is -4.41. The van der Waals surface area contributed by atoms with Gasteiger partial charge in [-0.3, -0.25) is 0 Å². The van der Waals surface area contributed by atoms with Crippen molar-refractivity contribution in [2.24, 2.45) is 5.14 Å². The van der Waals surface area contributed by atoms with Gasteiger partial charge in [-0.2, -0.15) is 13.2 Å². The number of urea groups is 1. The van der Waals surface area contributed by atoms with Crippen molar-refractivity contribution in [2.45, 2.75) is 17.6 Å². The molecular formula is C16H16F3N3O3S. The lowest BCUT2D eigenvalue weighted by molar-refractivity contribution is -0.137. The summed E-state index contributed by atoms with van der Waals surface area (Å²) in [7, 11) is -2.34. The molecule has 2 amide bonds. The minimum atomic E-state index is -4.41. The molecule has 0 aliphatic carbocycles. The largest absolute Gasteiger partial charge is 0.416 e. The standard InChI is InChI=1S/C16H16F3N3O3S/c1-22(10-11-2-4-12(5-3-11)16(17,18)19)15(23)21-13-6-8-14(9-7-13)26(20,24)25/h2-9H,10H2,1H3,(H,21,23)(H2,20,24,25). The van der Waals surface area contributed by atoms with Crippen molar-refractivity contribution in [1.29, 1.82) is 0 Å². The van der Waals surface area contributed by atoms with E-state index in [0.717, 1.165) is 12.1 Å². The lowest BCUT2D eigenvalue weighted by Gasteiger charge is -2.18. The topological polar surface area (TPSA) is 92.5 Å². The molecule has 0 heterocycles. The monoisotopic (exact) mass is 387 g/mol. The highest BCUT2D eigenvalue weighted by atomic mass is 32.2. The molecule has 3 N–H and O–H groups in total. The van der Waals surface area contributed by atoms with E-state index in [-0.39, 0.29) is 11.4 Å². The number of anilines is 1. The van der Waals surface area contributed by atoms with Gasteiger partial charge in [-0.05, 0) is 42.0 Å². The smallest absolute Gasteiger partial charge is 0.323 e. The second-order valence-corrected chi connectivity index (χ2v) is 7.11. The van der Waals surface area contributed by atoms with Gasteiger partial charge in [-0.25, -0.2) is 18.4 Å². The van der Waals surface area contributed by atoms with Gasteiger partial charge < -0.3 is 10.2 Å². The fourth-order valence-corrected chi connectivity index (χ4v) is 2.61. The van der Waals surface area contributed by atoms with Crippen LogP contribution in [-0.4, -0.2) is 26.4 Å². The van der Waals surface area contributed by atoms with E-state index < -0.39 is 27.8 Å². The number of rotatable bonds is 4. The molecule has 0 saturated heterocycles. The number of halogens is 3. The van der Waals surface area contributed by atoms with Crippen molar-refractivity contribution < 1.29 is 26.4 Å². The van der Waals surface area contributed by atoms with Crippen LogP contribution in [0, 0.1) is 0 Å². The molecular weight excluding hydrogens is 371 g/mol. The molecule has 2 rings (SSSR count). The Hall–Kier alpha value is -2.59. The van der Waals surface area contributed by atoms with Gasteiger partial charge in [0.2, 0.25) is 10.0 Å². The molecule has 0 atom stereocenters. The summed E-state index contributed by atoms with van der Waals surface area (Å²) >= 11 is 0. The number of nitrogens with two attached hydrogens (primary N) is 1. The first-order valence-corrected chi connectivity index (χ1v) is 8.82. The van der Waals surface area contributed by atoms with Gasteiger partial charge >= 0.3 is 12.2 Å². The highest BCUT2D eigenvalue weighted by molar-refractivity contribution is 7.89. The molecule has 2 aromatic rings. The van der Waals surface area contributed by atoms with Gasteiger partial charge in [0.1, 0.15) is 0 Å². The molecule has 0 aromatic heterocycles. The van der Waals surface area contributed by atoms with Gasteiger partial charge in [0.25, 0.3) is 0 Å². The summed E-state index contributed by atoms with van der Waals surface area (Å²) in [6.45, 7) is 0.0965. The van der Waals surface area contributed by atoms with Gasteiger partial charge in [0.15, 0.2) is 0 Å². The Bertz CT molecular complexity index is 880. The molecule has 0 aliphatic rings. The second-order valence-electron chi connectivity index (χ2n) is 5.55. The summed E-state index contributed by atoms with van der Waals surface area (Å²) < 4.78 is 60.0. The van der Waals surface area contributed by atoms with Gasteiger partial charge in [0.05, 0.1) is 10.5 Å². The van der Waals surface area contributed by atoms with Crippen LogP contribution in [0.15, 0.2) is 53.4 Å². The SMILES string of the molecule is CN(Cc1ccc(C(F)(F)F)cc1)C(=O)Nc1ccc(S(N)(=O)=O)cc1. The van der Waals surface area contributed by atoms with Crippen LogP contribution in [0.5, 0.6) is 0 Å². The van der Waals surface area contributed by atoms with Crippen LogP contribution in [0.25, 0.3) is 0 Å². The maximum absolute atomic E-state index is 12.5. The molecule has 0 fully saturated rings. The molecule has 0 saturated carbocycles. The van der Waals surface area contributed by atoms with E-state index in [1.165, 1.54) is 48.3 Å². The van der Waals surface area contributed by atoms with E-state index in [1.807, 2.05) is 0 Å².